The summed E-state index contributed by atoms with van der Waals surface area (Å²) in [5.41, 5.74) is 3.31. The van der Waals surface area contributed by atoms with Crippen LogP contribution in [0.15, 0.2) is 72.8 Å². The molecule has 1 atom stereocenters. The van der Waals surface area contributed by atoms with Crippen LogP contribution in [0, 0.1) is 5.92 Å². The molecule has 2 aliphatic heterocycles. The second kappa shape index (κ2) is 16.6. The highest BCUT2D eigenvalue weighted by atomic mass is 35.5. The number of likely N-dealkylation sites (tertiary alicyclic amines) is 1. The standard InChI is InChI=1S/C36H45ClN4O5S/c1-27(24-38-34-9-5-6-10-35(34)46-22-21-42)40-17-15-30(16-18-40)32-12-11-31(37)23-33(32)36(43)39-25-28-13-19-41(20-14-28)47(44,45)26-29-7-3-2-4-8-29/h2-12,21,23,27-28,30,38H,13-20,22,24-26H2,1H3,(H,39,43). The third-order valence-electron chi connectivity index (χ3n) is 9.34. The largest absolute Gasteiger partial charge is 0.484 e. The van der Waals surface area contributed by atoms with Crippen LogP contribution < -0.4 is 15.4 Å². The van der Waals surface area contributed by atoms with Crippen molar-refractivity contribution in [1.82, 2.24) is 14.5 Å². The molecule has 0 bridgehead atoms. The number of rotatable bonds is 14. The molecule has 11 heteroatoms. The summed E-state index contributed by atoms with van der Waals surface area (Å²) in [6, 6.07) is 22.8. The number of ether oxygens (including phenoxy) is 1. The Hall–Kier alpha value is -3.44. The molecule has 0 aromatic heterocycles. The molecule has 9 nitrogen and oxygen atoms in total. The van der Waals surface area contributed by atoms with E-state index in [9.17, 15) is 18.0 Å². The van der Waals surface area contributed by atoms with E-state index in [4.69, 9.17) is 16.3 Å². The lowest BCUT2D eigenvalue weighted by molar-refractivity contribution is -0.109. The molecule has 5 rings (SSSR count). The highest BCUT2D eigenvalue weighted by molar-refractivity contribution is 7.88. The van der Waals surface area contributed by atoms with Crippen molar-refractivity contribution in [2.45, 2.75) is 50.3 Å². The molecule has 0 radical (unpaired) electrons. The van der Waals surface area contributed by atoms with Gasteiger partial charge in [-0.2, -0.15) is 0 Å². The van der Waals surface area contributed by atoms with Crippen molar-refractivity contribution < 1.29 is 22.7 Å². The zero-order valence-corrected chi connectivity index (χ0v) is 28.5. The van der Waals surface area contributed by atoms with Gasteiger partial charge in [0.1, 0.15) is 12.4 Å². The lowest BCUT2D eigenvalue weighted by Crippen LogP contribution is -2.43. The van der Waals surface area contributed by atoms with Crippen molar-refractivity contribution in [3.63, 3.8) is 0 Å². The maximum atomic E-state index is 13.5. The van der Waals surface area contributed by atoms with Crippen LogP contribution in [-0.2, 0) is 20.6 Å². The van der Waals surface area contributed by atoms with E-state index in [-0.39, 0.29) is 36.1 Å². The molecule has 3 aromatic rings. The van der Waals surface area contributed by atoms with Gasteiger partial charge >= 0.3 is 0 Å². The van der Waals surface area contributed by atoms with Crippen molar-refractivity contribution in [2.75, 3.05) is 51.2 Å². The number of para-hydroxylation sites is 2. The van der Waals surface area contributed by atoms with Crippen LogP contribution in [0.5, 0.6) is 5.75 Å². The summed E-state index contributed by atoms with van der Waals surface area (Å²) in [7, 11) is -3.38. The third-order valence-corrected chi connectivity index (χ3v) is 11.4. The molecular formula is C36H45ClN4O5S. The number of nitrogens with one attached hydrogen (secondary N) is 2. The molecule has 2 N–H and O–H groups in total. The molecule has 0 spiro atoms. The van der Waals surface area contributed by atoms with Gasteiger partial charge in [0.2, 0.25) is 10.0 Å². The Morgan fingerprint density at radius 1 is 0.979 bits per heavy atom. The van der Waals surface area contributed by atoms with Crippen LogP contribution >= 0.6 is 11.6 Å². The van der Waals surface area contributed by atoms with Gasteiger partial charge < -0.3 is 15.4 Å². The number of hydrogen-bond acceptors (Lipinski definition) is 7. The highest BCUT2D eigenvalue weighted by Gasteiger charge is 2.30. The first-order valence-corrected chi connectivity index (χ1v) is 18.4. The fourth-order valence-electron chi connectivity index (χ4n) is 6.58. The number of sulfonamides is 1. The van der Waals surface area contributed by atoms with E-state index in [1.807, 2.05) is 66.7 Å². The molecule has 2 heterocycles. The minimum Gasteiger partial charge on any atom is -0.484 e. The predicted octanol–water partition coefficient (Wildman–Crippen LogP) is 5.57. The molecule has 2 fully saturated rings. The van der Waals surface area contributed by atoms with E-state index in [0.717, 1.165) is 55.6 Å². The Kier molecular flexibility index (Phi) is 12.3. The minimum atomic E-state index is -3.38. The van der Waals surface area contributed by atoms with E-state index in [0.29, 0.717) is 48.8 Å². The first-order valence-electron chi connectivity index (χ1n) is 16.5. The number of aldehydes is 1. The van der Waals surface area contributed by atoms with Crippen LogP contribution in [0.1, 0.15) is 60.0 Å². The number of nitrogens with zero attached hydrogens (tertiary/aromatic N) is 2. The number of carbonyl (C=O) groups is 2. The van der Waals surface area contributed by atoms with E-state index < -0.39 is 10.0 Å². The lowest BCUT2D eigenvalue weighted by atomic mass is 9.85. The van der Waals surface area contributed by atoms with Gasteiger partial charge in [-0.25, -0.2) is 12.7 Å². The quantitative estimate of drug-likeness (QED) is 0.215. The van der Waals surface area contributed by atoms with Gasteiger partial charge in [0.05, 0.1) is 11.4 Å². The summed E-state index contributed by atoms with van der Waals surface area (Å²) in [6.45, 7) is 6.21. The summed E-state index contributed by atoms with van der Waals surface area (Å²) in [4.78, 5) is 26.7. The van der Waals surface area contributed by atoms with Gasteiger partial charge in [-0.05, 0) is 92.9 Å². The number of halogens is 1. The fourth-order valence-corrected chi connectivity index (χ4v) is 8.32. The average Bonchev–Trinajstić information content (AvgIpc) is 3.09. The predicted molar refractivity (Wildman–Crippen MR) is 187 cm³/mol. The van der Waals surface area contributed by atoms with E-state index in [2.05, 4.69) is 22.5 Å². The molecule has 2 aliphatic rings. The number of carbonyl (C=O) groups excluding carboxylic acids is 2. The van der Waals surface area contributed by atoms with Crippen molar-refractivity contribution >= 4 is 39.5 Å². The lowest BCUT2D eigenvalue weighted by Gasteiger charge is -2.37. The summed E-state index contributed by atoms with van der Waals surface area (Å²) in [5.74, 6) is 1.01. The molecule has 2 saturated heterocycles. The Morgan fingerprint density at radius 2 is 1.68 bits per heavy atom. The van der Waals surface area contributed by atoms with Crippen molar-refractivity contribution in [2.24, 2.45) is 5.92 Å². The summed E-state index contributed by atoms with van der Waals surface area (Å²) in [6.07, 6.45) is 4.02. The summed E-state index contributed by atoms with van der Waals surface area (Å²) < 4.78 is 33.0. The molecule has 3 aromatic carbocycles. The van der Waals surface area contributed by atoms with Crippen LogP contribution in [0.2, 0.25) is 5.02 Å². The van der Waals surface area contributed by atoms with E-state index in [1.165, 1.54) is 0 Å². The Bertz CT molecular complexity index is 1590. The zero-order valence-electron chi connectivity index (χ0n) is 26.9. The molecule has 0 aliphatic carbocycles. The summed E-state index contributed by atoms with van der Waals surface area (Å²) in [5, 5.41) is 7.13. The highest BCUT2D eigenvalue weighted by Crippen LogP contribution is 2.33. The monoisotopic (exact) mass is 680 g/mol. The molecule has 47 heavy (non-hydrogen) atoms. The second-order valence-electron chi connectivity index (χ2n) is 12.5. The number of benzene rings is 3. The minimum absolute atomic E-state index is 0.00882. The van der Waals surface area contributed by atoms with Crippen LogP contribution in [0.25, 0.3) is 0 Å². The second-order valence-corrected chi connectivity index (χ2v) is 14.9. The van der Waals surface area contributed by atoms with Gasteiger partial charge in [0, 0.05) is 42.8 Å². The maximum Gasteiger partial charge on any atom is 0.251 e. The van der Waals surface area contributed by atoms with Crippen molar-refractivity contribution in [3.05, 3.63) is 94.5 Å². The van der Waals surface area contributed by atoms with Gasteiger partial charge in [-0.1, -0.05) is 60.1 Å². The van der Waals surface area contributed by atoms with Gasteiger partial charge in [0.15, 0.2) is 6.29 Å². The van der Waals surface area contributed by atoms with Crippen LogP contribution in [-0.4, -0.2) is 81.7 Å². The van der Waals surface area contributed by atoms with E-state index in [1.54, 1.807) is 10.4 Å². The van der Waals surface area contributed by atoms with Gasteiger partial charge in [-0.3, -0.25) is 14.5 Å². The third kappa shape index (κ3) is 9.56. The molecule has 252 valence electrons. The fraction of sp³-hybridized carbons (Fsp3) is 0.444. The van der Waals surface area contributed by atoms with Gasteiger partial charge in [0.25, 0.3) is 5.91 Å². The number of hydrogen-bond donors (Lipinski definition) is 2. The zero-order chi connectivity index (χ0) is 33.2. The van der Waals surface area contributed by atoms with Crippen molar-refractivity contribution in [1.29, 1.82) is 0 Å². The SMILES string of the molecule is CC(CNc1ccccc1OCC=O)N1CCC(c2ccc(Cl)cc2C(=O)NCC2CCN(S(=O)(=O)Cc3ccccc3)CC2)CC1. The number of amides is 1. The maximum absolute atomic E-state index is 13.5. The van der Waals surface area contributed by atoms with Crippen LogP contribution in [0.3, 0.4) is 0 Å². The Morgan fingerprint density at radius 3 is 2.40 bits per heavy atom. The smallest absolute Gasteiger partial charge is 0.251 e. The van der Waals surface area contributed by atoms with Gasteiger partial charge in [-0.15, -0.1) is 0 Å². The number of piperidine rings is 2. The Labute approximate surface area is 283 Å². The average molecular weight is 681 g/mol. The summed E-state index contributed by atoms with van der Waals surface area (Å²) >= 11 is 6.37. The molecule has 0 saturated carbocycles. The molecule has 1 unspecified atom stereocenters. The van der Waals surface area contributed by atoms with Crippen LogP contribution in [0.4, 0.5) is 5.69 Å². The topological polar surface area (TPSA) is 108 Å². The van der Waals surface area contributed by atoms with Crippen molar-refractivity contribution in [3.8, 4) is 5.75 Å². The molecular weight excluding hydrogens is 636 g/mol. The first kappa shape index (κ1) is 34.9. The Balaban J connectivity index is 1.10. The molecule has 1 amide bonds. The number of anilines is 1. The van der Waals surface area contributed by atoms with E-state index >= 15 is 0 Å². The first-order chi connectivity index (χ1) is 22.7. The normalized spacial score (nSPS) is 17.6.